The summed E-state index contributed by atoms with van der Waals surface area (Å²) in [4.78, 5) is 0. The fourth-order valence-corrected chi connectivity index (χ4v) is 5.91. The molecule has 4 rings (SSSR count). The van der Waals surface area contributed by atoms with Crippen molar-refractivity contribution >= 4 is 10.8 Å². The molecular weight excluding hydrogens is 451 g/mol. The number of fused-ring (bicyclic) bond motifs is 1. The van der Waals surface area contributed by atoms with Crippen LogP contribution in [0.4, 0.5) is 4.39 Å². The Labute approximate surface area is 225 Å². The van der Waals surface area contributed by atoms with Gasteiger partial charge in [-0.25, -0.2) is 4.39 Å². The maximum absolute atomic E-state index is 15.2. The molecule has 0 bridgehead atoms. The third kappa shape index (κ3) is 8.20. The quantitative estimate of drug-likeness (QED) is 0.183. The topological polar surface area (TPSA) is 0 Å². The lowest BCUT2D eigenvalue weighted by molar-refractivity contribution is 0.249. The molecule has 1 heteroatoms. The number of benzene rings is 3. The van der Waals surface area contributed by atoms with E-state index in [0.717, 1.165) is 35.6 Å². The van der Waals surface area contributed by atoms with Crippen molar-refractivity contribution in [2.45, 2.75) is 104 Å². The Hall–Kier alpha value is -2.59. The summed E-state index contributed by atoms with van der Waals surface area (Å²) < 4.78 is 15.2. The Morgan fingerprint density at radius 3 is 2.11 bits per heavy atom. The van der Waals surface area contributed by atoms with Gasteiger partial charge in [0.15, 0.2) is 0 Å². The maximum atomic E-state index is 15.2. The van der Waals surface area contributed by atoms with Crippen LogP contribution in [0.15, 0.2) is 54.6 Å². The summed E-state index contributed by atoms with van der Waals surface area (Å²) in [6, 6.07) is 18.5. The van der Waals surface area contributed by atoms with Crippen LogP contribution in [-0.4, -0.2) is 0 Å². The number of halogens is 1. The minimum absolute atomic E-state index is 0.201. The zero-order chi connectivity index (χ0) is 25.9. The molecule has 0 amide bonds. The van der Waals surface area contributed by atoms with Crippen LogP contribution in [-0.2, 0) is 12.8 Å². The van der Waals surface area contributed by atoms with E-state index >= 15 is 4.39 Å². The van der Waals surface area contributed by atoms with E-state index in [1.54, 1.807) is 0 Å². The smallest absolute Gasteiger partial charge is 0.146 e. The van der Waals surface area contributed by atoms with Gasteiger partial charge in [0.25, 0.3) is 0 Å². The molecule has 1 aliphatic carbocycles. The number of unbranched alkanes of at least 4 members (excludes halogenated alkanes) is 4. The summed E-state index contributed by atoms with van der Waals surface area (Å²) >= 11 is 0. The van der Waals surface area contributed by atoms with E-state index in [1.165, 1.54) is 88.2 Å². The predicted octanol–water partition coefficient (Wildman–Crippen LogP) is 10.4. The second-order valence-electron chi connectivity index (χ2n) is 11.3. The summed E-state index contributed by atoms with van der Waals surface area (Å²) in [5.74, 6) is 7.84. The van der Waals surface area contributed by atoms with Gasteiger partial charge in [0.1, 0.15) is 5.82 Å². The van der Waals surface area contributed by atoms with Gasteiger partial charge in [0, 0.05) is 10.9 Å². The van der Waals surface area contributed by atoms with E-state index in [9.17, 15) is 0 Å². The van der Waals surface area contributed by atoms with Crippen molar-refractivity contribution in [3.05, 3.63) is 82.7 Å². The maximum Gasteiger partial charge on any atom is 0.146 e. The van der Waals surface area contributed by atoms with Gasteiger partial charge in [-0.2, -0.15) is 0 Å². The van der Waals surface area contributed by atoms with Gasteiger partial charge in [-0.15, -0.1) is 0 Å². The number of hydrogen-bond acceptors (Lipinski definition) is 0. The largest absolute Gasteiger partial charge is 0.205 e. The Balaban J connectivity index is 1.31. The van der Waals surface area contributed by atoms with Gasteiger partial charge in [0.05, 0.1) is 5.56 Å². The zero-order valence-electron chi connectivity index (χ0n) is 23.1. The standard InChI is InChI=1S/C36H45F/c1-3-5-7-8-10-29-13-15-30(16-14-29)19-20-32-22-26-35-34(27-32)25-24-33(36(35)37)23-21-31-17-11-28(12-18-31)9-6-4-2/h11-12,17-18,22,24-27,29-30H,3-10,13-16,19-20H2,1-2H3. The van der Waals surface area contributed by atoms with Gasteiger partial charge in [-0.05, 0) is 72.2 Å². The Bertz CT molecular complexity index is 1170. The lowest BCUT2D eigenvalue weighted by atomic mass is 9.77. The van der Waals surface area contributed by atoms with Crippen molar-refractivity contribution in [2.24, 2.45) is 11.8 Å². The van der Waals surface area contributed by atoms with Crippen LogP contribution in [0.5, 0.6) is 0 Å². The minimum atomic E-state index is -0.201. The van der Waals surface area contributed by atoms with Crippen LogP contribution in [0.3, 0.4) is 0 Å². The Morgan fingerprint density at radius 1 is 0.676 bits per heavy atom. The molecule has 0 spiro atoms. The van der Waals surface area contributed by atoms with E-state index in [-0.39, 0.29) is 5.82 Å². The van der Waals surface area contributed by atoms with Crippen LogP contribution in [0, 0.1) is 29.5 Å². The average Bonchev–Trinajstić information content (AvgIpc) is 2.94. The van der Waals surface area contributed by atoms with Gasteiger partial charge in [-0.3, -0.25) is 0 Å². The van der Waals surface area contributed by atoms with Crippen LogP contribution >= 0.6 is 0 Å². The van der Waals surface area contributed by atoms with Gasteiger partial charge in [0.2, 0.25) is 0 Å². The highest BCUT2D eigenvalue weighted by molar-refractivity contribution is 5.85. The highest BCUT2D eigenvalue weighted by Crippen LogP contribution is 2.34. The first-order valence-electron chi connectivity index (χ1n) is 15.0. The van der Waals surface area contributed by atoms with Gasteiger partial charge < -0.3 is 0 Å². The molecule has 1 saturated carbocycles. The monoisotopic (exact) mass is 496 g/mol. The lowest BCUT2D eigenvalue weighted by Gasteiger charge is -2.28. The van der Waals surface area contributed by atoms with Crippen molar-refractivity contribution in [1.29, 1.82) is 0 Å². The SMILES string of the molecule is CCCCCCC1CCC(CCc2ccc3c(F)c(C#Cc4ccc(CCCC)cc4)ccc3c2)CC1. The molecule has 1 fully saturated rings. The summed E-state index contributed by atoms with van der Waals surface area (Å²) in [5.41, 5.74) is 4.07. The molecule has 3 aromatic rings. The fourth-order valence-electron chi connectivity index (χ4n) is 5.91. The molecular formula is C36H45F. The molecule has 0 heterocycles. The van der Waals surface area contributed by atoms with Crippen molar-refractivity contribution in [2.75, 3.05) is 0 Å². The second kappa shape index (κ2) is 14.4. The van der Waals surface area contributed by atoms with Crippen molar-refractivity contribution in [1.82, 2.24) is 0 Å². The van der Waals surface area contributed by atoms with Crippen LogP contribution in [0.2, 0.25) is 0 Å². The van der Waals surface area contributed by atoms with Crippen molar-refractivity contribution in [3.8, 4) is 11.8 Å². The van der Waals surface area contributed by atoms with E-state index in [4.69, 9.17) is 0 Å². The first-order chi connectivity index (χ1) is 18.2. The first kappa shape index (κ1) is 27.4. The molecule has 196 valence electrons. The van der Waals surface area contributed by atoms with Crippen molar-refractivity contribution in [3.63, 3.8) is 0 Å². The zero-order valence-corrected chi connectivity index (χ0v) is 23.1. The molecule has 0 aliphatic heterocycles. The summed E-state index contributed by atoms with van der Waals surface area (Å²) in [6.07, 6.45) is 18.5. The highest BCUT2D eigenvalue weighted by Gasteiger charge is 2.20. The van der Waals surface area contributed by atoms with E-state index < -0.39 is 0 Å². The molecule has 3 aromatic carbocycles. The van der Waals surface area contributed by atoms with Gasteiger partial charge in [-0.1, -0.05) is 126 Å². The molecule has 0 unspecified atom stereocenters. The lowest BCUT2D eigenvalue weighted by Crippen LogP contribution is -2.15. The van der Waals surface area contributed by atoms with Crippen LogP contribution in [0.25, 0.3) is 10.8 Å². The molecule has 0 nitrogen and oxygen atoms in total. The van der Waals surface area contributed by atoms with E-state index in [2.05, 4.69) is 50.0 Å². The second-order valence-corrected chi connectivity index (χ2v) is 11.3. The van der Waals surface area contributed by atoms with Crippen LogP contribution in [0.1, 0.15) is 113 Å². The minimum Gasteiger partial charge on any atom is -0.205 e. The first-order valence-corrected chi connectivity index (χ1v) is 15.0. The molecule has 1 aliphatic rings. The Kier molecular flexibility index (Phi) is 10.7. The van der Waals surface area contributed by atoms with Gasteiger partial charge >= 0.3 is 0 Å². The third-order valence-electron chi connectivity index (χ3n) is 8.41. The average molecular weight is 497 g/mol. The normalized spacial score (nSPS) is 17.5. The number of rotatable bonds is 11. The highest BCUT2D eigenvalue weighted by atomic mass is 19.1. The fraction of sp³-hybridized carbons (Fsp3) is 0.500. The molecule has 0 N–H and O–H groups in total. The molecule has 0 saturated heterocycles. The number of hydrogen-bond donors (Lipinski definition) is 0. The summed E-state index contributed by atoms with van der Waals surface area (Å²) in [5, 5.41) is 1.66. The molecule has 37 heavy (non-hydrogen) atoms. The summed E-state index contributed by atoms with van der Waals surface area (Å²) in [7, 11) is 0. The van der Waals surface area contributed by atoms with E-state index in [1.807, 2.05) is 30.3 Å². The molecule has 0 aromatic heterocycles. The van der Waals surface area contributed by atoms with E-state index in [0.29, 0.717) is 10.9 Å². The summed E-state index contributed by atoms with van der Waals surface area (Å²) in [6.45, 7) is 4.50. The van der Waals surface area contributed by atoms with Crippen LogP contribution < -0.4 is 0 Å². The predicted molar refractivity (Wildman–Crippen MR) is 157 cm³/mol. The van der Waals surface area contributed by atoms with Crippen molar-refractivity contribution < 1.29 is 4.39 Å². The number of aryl methyl sites for hydroxylation is 2. The molecule has 0 radical (unpaired) electrons. The Morgan fingerprint density at radius 2 is 1.38 bits per heavy atom. The third-order valence-corrected chi connectivity index (χ3v) is 8.41. The molecule has 0 atom stereocenters.